The predicted octanol–water partition coefficient (Wildman–Crippen LogP) is -0.528. The Bertz CT molecular complexity index is 1410. The summed E-state index contributed by atoms with van der Waals surface area (Å²) in [6, 6.07) is 4.33. The highest BCUT2D eigenvalue weighted by Gasteiger charge is 2.42. The van der Waals surface area contributed by atoms with Gasteiger partial charge in [0.05, 0.1) is 26.6 Å². The maximum Gasteiger partial charge on any atom is 0.409 e. The van der Waals surface area contributed by atoms with E-state index in [1.54, 1.807) is 41.8 Å². The van der Waals surface area contributed by atoms with Gasteiger partial charge in [0.25, 0.3) is 0 Å². The Morgan fingerprint density at radius 1 is 1.00 bits per heavy atom. The van der Waals surface area contributed by atoms with E-state index in [0.717, 1.165) is 28.2 Å². The van der Waals surface area contributed by atoms with Crippen molar-refractivity contribution in [2.24, 2.45) is 0 Å². The predicted molar refractivity (Wildman–Crippen MR) is 161 cm³/mol. The lowest BCUT2D eigenvalue weighted by Crippen LogP contribution is -2.63. The number of ether oxygens (including phenoxy) is 3. The van der Waals surface area contributed by atoms with E-state index in [0.29, 0.717) is 26.2 Å². The van der Waals surface area contributed by atoms with Crippen LogP contribution in [0.2, 0.25) is 0 Å². The second kappa shape index (κ2) is 16.8. The molecule has 0 aromatic carbocycles. The first-order valence-electron chi connectivity index (χ1n) is 14.9. The van der Waals surface area contributed by atoms with Crippen molar-refractivity contribution in [3.8, 4) is 0 Å². The molecule has 2 aromatic rings. The molecule has 47 heavy (non-hydrogen) atoms. The first kappa shape index (κ1) is 34.6. The zero-order valence-corrected chi connectivity index (χ0v) is 25.9. The van der Waals surface area contributed by atoms with E-state index in [9.17, 15) is 33.9 Å². The zero-order chi connectivity index (χ0) is 33.8. The standard InChI is InChI=1S/C30H37N7O10/c1-45-27(41)16-24-29(43)36(18-26(39)40)13-14-37(24)28(42)23(33-30(44)47-20-46-19-21-3-2-6-32-17-21)15-25(38)35-11-9-34(10-12-35)22-4-7-31-8-5-22/h2-8,17,23-24H,9-16,18-20H2,1H3,(H,33,44)(H,39,40). The number of anilines is 1. The molecule has 17 heteroatoms. The lowest BCUT2D eigenvalue weighted by Gasteiger charge is -2.41. The normalized spacial score (nSPS) is 17.1. The Morgan fingerprint density at radius 3 is 2.40 bits per heavy atom. The molecule has 0 saturated carbocycles. The summed E-state index contributed by atoms with van der Waals surface area (Å²) in [6.07, 6.45) is 4.47. The Hall–Kier alpha value is -5.32. The average molecular weight is 656 g/mol. The summed E-state index contributed by atoms with van der Waals surface area (Å²) < 4.78 is 15.2. The van der Waals surface area contributed by atoms with E-state index in [1.165, 1.54) is 0 Å². The van der Waals surface area contributed by atoms with Crippen molar-refractivity contribution >= 4 is 41.4 Å². The molecule has 2 saturated heterocycles. The summed E-state index contributed by atoms with van der Waals surface area (Å²) in [4.78, 5) is 90.7. The summed E-state index contributed by atoms with van der Waals surface area (Å²) in [6.45, 7) is 0.472. The van der Waals surface area contributed by atoms with Gasteiger partial charge in [-0.1, -0.05) is 6.07 Å². The van der Waals surface area contributed by atoms with Crippen molar-refractivity contribution in [3.63, 3.8) is 0 Å². The van der Waals surface area contributed by atoms with Gasteiger partial charge in [-0.15, -0.1) is 0 Å². The third-order valence-electron chi connectivity index (χ3n) is 7.67. The monoisotopic (exact) mass is 655 g/mol. The number of carbonyl (C=O) groups is 6. The number of esters is 1. The first-order valence-corrected chi connectivity index (χ1v) is 14.9. The molecule has 2 fully saturated rings. The number of carbonyl (C=O) groups excluding carboxylic acids is 5. The number of aromatic nitrogens is 2. The van der Waals surface area contributed by atoms with E-state index in [1.807, 2.05) is 12.1 Å². The van der Waals surface area contributed by atoms with Crippen LogP contribution in [-0.2, 0) is 44.8 Å². The molecule has 2 aromatic heterocycles. The topological polar surface area (TPSA) is 201 Å². The number of amides is 4. The molecule has 4 rings (SSSR count). The number of methoxy groups -OCH3 is 1. The number of nitrogens with one attached hydrogen (secondary N) is 1. The second-order valence-corrected chi connectivity index (χ2v) is 10.7. The van der Waals surface area contributed by atoms with Gasteiger partial charge in [-0.3, -0.25) is 33.9 Å². The van der Waals surface area contributed by atoms with Crippen LogP contribution in [0.4, 0.5) is 10.5 Å². The van der Waals surface area contributed by atoms with E-state index in [-0.39, 0.29) is 19.7 Å². The molecule has 2 aliphatic rings. The van der Waals surface area contributed by atoms with Gasteiger partial charge in [0.2, 0.25) is 17.7 Å². The van der Waals surface area contributed by atoms with Crippen LogP contribution in [0.15, 0.2) is 49.1 Å². The lowest BCUT2D eigenvalue weighted by atomic mass is 10.0. The number of carboxylic acid groups (broad SMARTS) is 1. The van der Waals surface area contributed by atoms with Gasteiger partial charge in [0.1, 0.15) is 18.6 Å². The summed E-state index contributed by atoms with van der Waals surface area (Å²) >= 11 is 0. The molecule has 0 spiro atoms. The fourth-order valence-corrected chi connectivity index (χ4v) is 5.26. The zero-order valence-electron chi connectivity index (χ0n) is 25.9. The van der Waals surface area contributed by atoms with Crippen LogP contribution in [0.5, 0.6) is 0 Å². The van der Waals surface area contributed by atoms with E-state index >= 15 is 0 Å². The van der Waals surface area contributed by atoms with E-state index in [4.69, 9.17) is 14.2 Å². The highest BCUT2D eigenvalue weighted by Crippen LogP contribution is 2.20. The van der Waals surface area contributed by atoms with Crippen LogP contribution < -0.4 is 10.2 Å². The number of hydrogen-bond acceptors (Lipinski definition) is 12. The average Bonchev–Trinajstić information content (AvgIpc) is 3.08. The van der Waals surface area contributed by atoms with Crippen molar-refractivity contribution in [3.05, 3.63) is 54.6 Å². The number of pyridine rings is 2. The van der Waals surface area contributed by atoms with Gasteiger partial charge < -0.3 is 44.2 Å². The molecule has 4 amide bonds. The molecule has 2 atom stereocenters. The Balaban J connectivity index is 1.45. The van der Waals surface area contributed by atoms with Gasteiger partial charge >= 0.3 is 18.0 Å². The highest BCUT2D eigenvalue weighted by atomic mass is 16.7. The molecule has 17 nitrogen and oxygen atoms in total. The summed E-state index contributed by atoms with van der Waals surface area (Å²) in [7, 11) is 1.11. The molecule has 2 aliphatic heterocycles. The fraction of sp³-hybridized carbons (Fsp3) is 0.467. The highest BCUT2D eigenvalue weighted by molar-refractivity contribution is 5.97. The summed E-state index contributed by atoms with van der Waals surface area (Å²) in [5.41, 5.74) is 1.70. The minimum Gasteiger partial charge on any atom is -0.480 e. The van der Waals surface area contributed by atoms with Crippen LogP contribution in [0.1, 0.15) is 18.4 Å². The minimum absolute atomic E-state index is 0.103. The van der Waals surface area contributed by atoms with Crippen LogP contribution in [-0.4, -0.2) is 137 Å². The Morgan fingerprint density at radius 2 is 1.74 bits per heavy atom. The molecular formula is C30H37N7O10. The van der Waals surface area contributed by atoms with Crippen LogP contribution in [0, 0.1) is 0 Å². The maximum atomic E-state index is 14.0. The molecule has 252 valence electrons. The van der Waals surface area contributed by atoms with Gasteiger partial charge in [-0.2, -0.15) is 0 Å². The van der Waals surface area contributed by atoms with Crippen LogP contribution >= 0.6 is 0 Å². The number of carboxylic acids is 1. The molecule has 0 radical (unpaired) electrons. The van der Waals surface area contributed by atoms with Crippen molar-refractivity contribution in [2.75, 3.05) is 64.6 Å². The molecule has 4 heterocycles. The second-order valence-electron chi connectivity index (χ2n) is 10.7. The van der Waals surface area contributed by atoms with Crippen molar-refractivity contribution in [1.29, 1.82) is 0 Å². The Kier molecular flexibility index (Phi) is 12.4. The number of aliphatic carboxylic acids is 1. The summed E-state index contributed by atoms with van der Waals surface area (Å²) in [5.74, 6) is -4.10. The van der Waals surface area contributed by atoms with Crippen LogP contribution in [0.25, 0.3) is 0 Å². The van der Waals surface area contributed by atoms with Gasteiger partial charge in [0.15, 0.2) is 6.79 Å². The van der Waals surface area contributed by atoms with E-state index < -0.39 is 74.0 Å². The largest absolute Gasteiger partial charge is 0.480 e. The van der Waals surface area contributed by atoms with Gasteiger partial charge in [0, 0.05) is 69.7 Å². The summed E-state index contributed by atoms with van der Waals surface area (Å²) in [5, 5.41) is 11.6. The van der Waals surface area contributed by atoms with Gasteiger partial charge in [-0.25, -0.2) is 4.79 Å². The smallest absolute Gasteiger partial charge is 0.409 e. The fourth-order valence-electron chi connectivity index (χ4n) is 5.26. The Labute approximate surface area is 270 Å². The van der Waals surface area contributed by atoms with E-state index in [2.05, 4.69) is 20.2 Å². The third kappa shape index (κ3) is 9.83. The van der Waals surface area contributed by atoms with Crippen molar-refractivity contribution < 1.29 is 48.1 Å². The van der Waals surface area contributed by atoms with Crippen molar-refractivity contribution in [2.45, 2.75) is 31.5 Å². The molecule has 0 bridgehead atoms. The number of hydrogen-bond donors (Lipinski definition) is 2. The maximum absolute atomic E-state index is 14.0. The lowest BCUT2D eigenvalue weighted by molar-refractivity contribution is -0.160. The first-order chi connectivity index (χ1) is 22.7. The number of nitrogens with zero attached hydrogens (tertiary/aromatic N) is 6. The molecule has 2 unspecified atom stereocenters. The van der Waals surface area contributed by atoms with Crippen molar-refractivity contribution in [1.82, 2.24) is 30.0 Å². The quantitative estimate of drug-likeness (QED) is 0.159. The number of rotatable bonds is 13. The van der Waals surface area contributed by atoms with Crippen LogP contribution in [0.3, 0.4) is 0 Å². The molecule has 0 aliphatic carbocycles. The number of alkyl carbamates (subject to hydrolysis) is 1. The van der Waals surface area contributed by atoms with Gasteiger partial charge in [-0.05, 0) is 23.8 Å². The molecule has 2 N–H and O–H groups in total. The SMILES string of the molecule is COC(=O)CC1C(=O)N(CC(=O)O)CCN1C(=O)C(CC(=O)N1CCN(c2ccncc2)CC1)NC(=O)OCOCc1cccnc1. The minimum atomic E-state index is -1.48. The third-order valence-corrected chi connectivity index (χ3v) is 7.67. The molecular weight excluding hydrogens is 618 g/mol. The number of piperazine rings is 2.